The van der Waals surface area contributed by atoms with E-state index in [1.54, 1.807) is 14.0 Å². The quantitative estimate of drug-likeness (QED) is 0.694. The van der Waals surface area contributed by atoms with Crippen LogP contribution in [0.1, 0.15) is 36.5 Å². The number of hydrogen-bond acceptors (Lipinski definition) is 5. The van der Waals surface area contributed by atoms with E-state index in [2.05, 4.69) is 4.98 Å². The minimum atomic E-state index is -0.434. The summed E-state index contributed by atoms with van der Waals surface area (Å²) in [6.45, 7) is 4.05. The highest BCUT2D eigenvalue weighted by atomic mass is 16.5. The van der Waals surface area contributed by atoms with Crippen molar-refractivity contribution in [1.29, 1.82) is 0 Å². The molecule has 0 fully saturated rings. The maximum absolute atomic E-state index is 11.5. The molecule has 1 rings (SSSR count). The van der Waals surface area contributed by atoms with E-state index < -0.39 is 5.97 Å². The number of aryl methyl sites for hydroxylation is 1. The van der Waals surface area contributed by atoms with Crippen molar-refractivity contribution in [3.05, 3.63) is 17.8 Å². The number of hydrogen-bond donors (Lipinski definition) is 0. The van der Waals surface area contributed by atoms with Gasteiger partial charge in [0, 0.05) is 13.5 Å². The van der Waals surface area contributed by atoms with Crippen LogP contribution in [0.3, 0.4) is 0 Å². The third-order valence-corrected chi connectivity index (χ3v) is 2.29. The Morgan fingerprint density at radius 1 is 1.62 bits per heavy atom. The molecular weight excluding hydrogens is 210 g/mol. The molecule has 1 aromatic rings. The predicted molar refractivity (Wildman–Crippen MR) is 57.3 cm³/mol. The van der Waals surface area contributed by atoms with Crippen molar-refractivity contribution >= 4 is 5.97 Å². The summed E-state index contributed by atoms with van der Waals surface area (Å²) in [5, 5.41) is 0. The van der Waals surface area contributed by atoms with Gasteiger partial charge in [0.2, 0.25) is 0 Å². The fourth-order valence-electron chi connectivity index (χ4n) is 1.27. The molecule has 0 saturated heterocycles. The minimum Gasteiger partial charge on any atom is -0.461 e. The summed E-state index contributed by atoms with van der Waals surface area (Å²) in [6, 6.07) is 0. The molecule has 1 atom stereocenters. The lowest BCUT2D eigenvalue weighted by Crippen LogP contribution is -2.10. The molecule has 1 heterocycles. The molecule has 0 aliphatic rings. The first-order chi connectivity index (χ1) is 7.69. The lowest BCUT2D eigenvalue weighted by molar-refractivity contribution is 0.0516. The molecule has 1 aromatic heterocycles. The van der Waals surface area contributed by atoms with Gasteiger partial charge in [-0.25, -0.2) is 9.78 Å². The third-order valence-electron chi connectivity index (χ3n) is 2.29. The standard InChI is InChI=1S/C11H17NO4/c1-4-15-11(13)10-9(16-7-12-10)6-5-8(2)14-3/h7-8H,4-6H2,1-3H3. The molecule has 0 aliphatic carbocycles. The predicted octanol–water partition coefficient (Wildman–Crippen LogP) is 1.82. The second-order valence-corrected chi connectivity index (χ2v) is 3.43. The zero-order valence-electron chi connectivity index (χ0n) is 9.86. The van der Waals surface area contributed by atoms with Crippen molar-refractivity contribution in [2.24, 2.45) is 0 Å². The summed E-state index contributed by atoms with van der Waals surface area (Å²) in [5.74, 6) is 0.124. The fourth-order valence-corrected chi connectivity index (χ4v) is 1.27. The van der Waals surface area contributed by atoms with Crippen LogP contribution in [0.4, 0.5) is 0 Å². The molecule has 90 valence electrons. The minimum absolute atomic E-state index is 0.125. The van der Waals surface area contributed by atoms with Crippen LogP contribution in [0.2, 0.25) is 0 Å². The van der Waals surface area contributed by atoms with Gasteiger partial charge in [-0.3, -0.25) is 0 Å². The molecule has 16 heavy (non-hydrogen) atoms. The van der Waals surface area contributed by atoms with Crippen molar-refractivity contribution in [3.63, 3.8) is 0 Å². The van der Waals surface area contributed by atoms with E-state index in [1.807, 2.05) is 6.92 Å². The zero-order valence-corrected chi connectivity index (χ0v) is 9.86. The van der Waals surface area contributed by atoms with Gasteiger partial charge in [-0.1, -0.05) is 0 Å². The van der Waals surface area contributed by atoms with Gasteiger partial charge < -0.3 is 13.9 Å². The number of nitrogens with zero attached hydrogens (tertiary/aromatic N) is 1. The largest absolute Gasteiger partial charge is 0.461 e. The van der Waals surface area contributed by atoms with Gasteiger partial charge in [-0.15, -0.1) is 0 Å². The van der Waals surface area contributed by atoms with E-state index >= 15 is 0 Å². The lowest BCUT2D eigenvalue weighted by Gasteiger charge is -2.07. The van der Waals surface area contributed by atoms with Gasteiger partial charge in [0.05, 0.1) is 12.7 Å². The summed E-state index contributed by atoms with van der Waals surface area (Å²) in [5.41, 5.74) is 0.269. The van der Waals surface area contributed by atoms with Crippen LogP contribution in [0.25, 0.3) is 0 Å². The average Bonchev–Trinajstić information content (AvgIpc) is 2.74. The molecule has 0 spiro atoms. The highest BCUT2D eigenvalue weighted by Crippen LogP contribution is 2.12. The highest BCUT2D eigenvalue weighted by Gasteiger charge is 2.18. The summed E-state index contributed by atoms with van der Waals surface area (Å²) < 4.78 is 15.1. The first-order valence-corrected chi connectivity index (χ1v) is 5.31. The molecule has 5 nitrogen and oxygen atoms in total. The summed E-state index contributed by atoms with van der Waals surface area (Å²) in [6.07, 6.45) is 2.78. The van der Waals surface area contributed by atoms with E-state index in [4.69, 9.17) is 13.9 Å². The maximum Gasteiger partial charge on any atom is 0.360 e. The van der Waals surface area contributed by atoms with Crippen LogP contribution in [0, 0.1) is 0 Å². The Kier molecular flexibility index (Phi) is 4.98. The van der Waals surface area contributed by atoms with Gasteiger partial charge in [0.15, 0.2) is 12.1 Å². The number of oxazole rings is 1. The zero-order chi connectivity index (χ0) is 12.0. The van der Waals surface area contributed by atoms with Crippen LogP contribution in [0.15, 0.2) is 10.8 Å². The Labute approximate surface area is 94.8 Å². The number of ether oxygens (including phenoxy) is 2. The van der Waals surface area contributed by atoms with Crippen LogP contribution in [0.5, 0.6) is 0 Å². The Morgan fingerprint density at radius 2 is 2.38 bits per heavy atom. The van der Waals surface area contributed by atoms with Gasteiger partial charge in [0.25, 0.3) is 0 Å². The Balaban J connectivity index is 2.60. The maximum atomic E-state index is 11.5. The van der Waals surface area contributed by atoms with E-state index in [1.165, 1.54) is 6.39 Å². The van der Waals surface area contributed by atoms with Gasteiger partial charge in [0.1, 0.15) is 5.76 Å². The van der Waals surface area contributed by atoms with E-state index in [0.29, 0.717) is 18.8 Å². The molecule has 0 aromatic carbocycles. The summed E-state index contributed by atoms with van der Waals surface area (Å²) in [4.78, 5) is 15.3. The molecule has 0 aliphatic heterocycles. The monoisotopic (exact) mass is 227 g/mol. The number of carbonyl (C=O) groups is 1. The van der Waals surface area contributed by atoms with Crippen molar-refractivity contribution in [2.45, 2.75) is 32.8 Å². The molecule has 0 saturated carbocycles. The number of carbonyl (C=O) groups excluding carboxylic acids is 1. The van der Waals surface area contributed by atoms with E-state index in [9.17, 15) is 4.79 Å². The van der Waals surface area contributed by atoms with Crippen LogP contribution >= 0.6 is 0 Å². The van der Waals surface area contributed by atoms with Crippen molar-refractivity contribution in [3.8, 4) is 0 Å². The molecular formula is C11H17NO4. The topological polar surface area (TPSA) is 61.6 Å². The SMILES string of the molecule is CCOC(=O)c1ncoc1CCC(C)OC. The first kappa shape index (κ1) is 12.7. The van der Waals surface area contributed by atoms with E-state index in [0.717, 1.165) is 6.42 Å². The van der Waals surface area contributed by atoms with Crippen LogP contribution in [-0.2, 0) is 15.9 Å². The second-order valence-electron chi connectivity index (χ2n) is 3.43. The fraction of sp³-hybridized carbons (Fsp3) is 0.636. The summed E-state index contributed by atoms with van der Waals surface area (Å²) >= 11 is 0. The molecule has 0 N–H and O–H groups in total. The molecule has 0 bridgehead atoms. The van der Waals surface area contributed by atoms with Crippen molar-refractivity contribution < 1.29 is 18.7 Å². The van der Waals surface area contributed by atoms with Crippen molar-refractivity contribution in [1.82, 2.24) is 4.98 Å². The van der Waals surface area contributed by atoms with Crippen molar-refractivity contribution in [2.75, 3.05) is 13.7 Å². The summed E-state index contributed by atoms with van der Waals surface area (Å²) in [7, 11) is 1.65. The molecule has 0 amide bonds. The number of methoxy groups -OCH3 is 1. The normalized spacial score (nSPS) is 12.4. The number of rotatable bonds is 6. The van der Waals surface area contributed by atoms with E-state index in [-0.39, 0.29) is 11.8 Å². The van der Waals surface area contributed by atoms with Crippen LogP contribution < -0.4 is 0 Å². The Bertz CT molecular complexity index is 334. The Hall–Kier alpha value is -1.36. The van der Waals surface area contributed by atoms with Gasteiger partial charge in [-0.2, -0.15) is 0 Å². The average molecular weight is 227 g/mol. The highest BCUT2D eigenvalue weighted by molar-refractivity contribution is 5.88. The number of aromatic nitrogens is 1. The van der Waals surface area contributed by atoms with Crippen LogP contribution in [-0.4, -0.2) is 30.8 Å². The van der Waals surface area contributed by atoms with Gasteiger partial charge >= 0.3 is 5.97 Å². The number of esters is 1. The van der Waals surface area contributed by atoms with Gasteiger partial charge in [-0.05, 0) is 20.3 Å². The second kappa shape index (κ2) is 6.27. The first-order valence-electron chi connectivity index (χ1n) is 5.31. The molecule has 1 unspecified atom stereocenters. The third kappa shape index (κ3) is 3.34. The molecule has 0 radical (unpaired) electrons. The Morgan fingerprint density at radius 3 is 3.00 bits per heavy atom. The smallest absolute Gasteiger partial charge is 0.360 e. The lowest BCUT2D eigenvalue weighted by atomic mass is 10.1. The molecule has 5 heteroatoms.